The van der Waals surface area contributed by atoms with Crippen molar-refractivity contribution in [3.63, 3.8) is 0 Å². The third-order valence-corrected chi connectivity index (χ3v) is 3.07. The number of rotatable bonds is 4. The standard InChI is InChI=1S/C20H20/c1-17-9-13-19(14-10-17)7-5-3-4-6-8-20-15-11-18(2)12-16-20/h3-16H,1-2H3/b4-3-,7-5+,8-6+. The lowest BCUT2D eigenvalue weighted by Gasteiger charge is -1.93. The molecule has 0 aromatic heterocycles. The summed E-state index contributed by atoms with van der Waals surface area (Å²) in [7, 11) is 0. The molecule has 0 saturated heterocycles. The molecule has 0 saturated carbocycles. The lowest BCUT2D eigenvalue weighted by Crippen LogP contribution is -1.72. The molecule has 20 heavy (non-hydrogen) atoms. The van der Waals surface area contributed by atoms with Crippen molar-refractivity contribution in [2.75, 3.05) is 0 Å². The maximum atomic E-state index is 2.13. The van der Waals surface area contributed by atoms with E-state index in [4.69, 9.17) is 0 Å². The first-order valence-electron chi connectivity index (χ1n) is 6.89. The first-order chi connectivity index (χ1) is 9.74. The molecule has 0 fully saturated rings. The van der Waals surface area contributed by atoms with Crippen LogP contribution in [0, 0.1) is 13.8 Å². The molecular weight excluding hydrogens is 240 g/mol. The highest BCUT2D eigenvalue weighted by Gasteiger charge is 1.85. The lowest BCUT2D eigenvalue weighted by atomic mass is 10.1. The first kappa shape index (κ1) is 14.1. The Bertz CT molecular complexity index is 551. The van der Waals surface area contributed by atoms with Crippen molar-refractivity contribution in [3.05, 3.63) is 95.1 Å². The summed E-state index contributed by atoms with van der Waals surface area (Å²) in [6, 6.07) is 17.0. The zero-order valence-corrected chi connectivity index (χ0v) is 12.1. The van der Waals surface area contributed by atoms with Gasteiger partial charge >= 0.3 is 0 Å². The molecule has 0 spiro atoms. The van der Waals surface area contributed by atoms with Crippen molar-refractivity contribution >= 4 is 12.2 Å². The summed E-state index contributed by atoms with van der Waals surface area (Å²) in [5.41, 5.74) is 5.03. The second-order valence-corrected chi connectivity index (χ2v) is 4.92. The Labute approximate surface area is 121 Å². The fourth-order valence-electron chi connectivity index (χ4n) is 1.82. The molecule has 0 heterocycles. The van der Waals surface area contributed by atoms with E-state index >= 15 is 0 Å². The molecule has 2 aromatic rings. The summed E-state index contributed by atoms with van der Waals surface area (Å²) in [6.45, 7) is 4.20. The monoisotopic (exact) mass is 260 g/mol. The fraction of sp³-hybridized carbons (Fsp3) is 0.100. The summed E-state index contributed by atoms with van der Waals surface area (Å²) in [5.74, 6) is 0. The van der Waals surface area contributed by atoms with Gasteiger partial charge in [-0.1, -0.05) is 96.1 Å². The Morgan fingerprint density at radius 2 is 0.850 bits per heavy atom. The average molecular weight is 260 g/mol. The number of hydrogen-bond donors (Lipinski definition) is 0. The maximum absolute atomic E-state index is 2.13. The zero-order valence-electron chi connectivity index (χ0n) is 12.1. The molecule has 0 aliphatic heterocycles. The van der Waals surface area contributed by atoms with Crippen molar-refractivity contribution < 1.29 is 0 Å². The van der Waals surface area contributed by atoms with Crippen LogP contribution in [0.1, 0.15) is 22.3 Å². The van der Waals surface area contributed by atoms with E-state index in [0.717, 1.165) is 0 Å². The molecule has 2 rings (SSSR count). The topological polar surface area (TPSA) is 0 Å². The van der Waals surface area contributed by atoms with Crippen LogP contribution in [0.3, 0.4) is 0 Å². The summed E-state index contributed by atoms with van der Waals surface area (Å²) < 4.78 is 0. The molecule has 0 bridgehead atoms. The van der Waals surface area contributed by atoms with Crippen LogP contribution in [0.4, 0.5) is 0 Å². The molecule has 0 radical (unpaired) electrons. The SMILES string of the molecule is Cc1ccc(/C=C/C=C\C=C\c2ccc(C)cc2)cc1. The van der Waals surface area contributed by atoms with E-state index in [9.17, 15) is 0 Å². The number of aryl methyl sites for hydroxylation is 2. The lowest BCUT2D eigenvalue weighted by molar-refractivity contribution is 1.46. The Balaban J connectivity index is 1.87. The highest BCUT2D eigenvalue weighted by atomic mass is 13.9. The molecule has 0 heteroatoms. The average Bonchev–Trinajstić information content (AvgIpc) is 2.46. The number of allylic oxidation sites excluding steroid dienone is 4. The molecular formula is C20H20. The molecule has 0 amide bonds. The molecule has 0 aliphatic rings. The van der Waals surface area contributed by atoms with E-state index in [2.05, 4.69) is 86.7 Å². The van der Waals surface area contributed by atoms with Gasteiger partial charge in [-0.05, 0) is 25.0 Å². The van der Waals surface area contributed by atoms with Gasteiger partial charge in [0.05, 0.1) is 0 Å². The quantitative estimate of drug-likeness (QED) is 0.629. The zero-order chi connectivity index (χ0) is 14.2. The van der Waals surface area contributed by atoms with Gasteiger partial charge in [-0.2, -0.15) is 0 Å². The Morgan fingerprint density at radius 3 is 1.20 bits per heavy atom. The summed E-state index contributed by atoms with van der Waals surface area (Å²) in [5, 5.41) is 0. The van der Waals surface area contributed by atoms with Crippen molar-refractivity contribution in [1.29, 1.82) is 0 Å². The third kappa shape index (κ3) is 4.74. The van der Waals surface area contributed by atoms with Crippen LogP contribution in [0.25, 0.3) is 12.2 Å². The predicted molar refractivity (Wildman–Crippen MR) is 89.6 cm³/mol. The van der Waals surface area contributed by atoms with Crippen molar-refractivity contribution in [2.24, 2.45) is 0 Å². The van der Waals surface area contributed by atoms with E-state index in [-0.39, 0.29) is 0 Å². The van der Waals surface area contributed by atoms with E-state index in [1.807, 2.05) is 12.2 Å². The molecule has 100 valence electrons. The van der Waals surface area contributed by atoms with Crippen molar-refractivity contribution in [3.8, 4) is 0 Å². The molecule has 0 unspecified atom stereocenters. The first-order valence-corrected chi connectivity index (χ1v) is 6.89. The largest absolute Gasteiger partial charge is 0.0622 e. The van der Waals surface area contributed by atoms with Crippen LogP contribution in [0.15, 0.2) is 72.8 Å². The van der Waals surface area contributed by atoms with Crippen LogP contribution in [0.5, 0.6) is 0 Å². The van der Waals surface area contributed by atoms with Crippen molar-refractivity contribution in [1.82, 2.24) is 0 Å². The van der Waals surface area contributed by atoms with Crippen LogP contribution >= 0.6 is 0 Å². The number of benzene rings is 2. The second-order valence-electron chi connectivity index (χ2n) is 4.92. The Hall–Kier alpha value is -2.34. The van der Waals surface area contributed by atoms with Crippen LogP contribution < -0.4 is 0 Å². The van der Waals surface area contributed by atoms with Gasteiger partial charge in [-0.25, -0.2) is 0 Å². The summed E-state index contributed by atoms with van der Waals surface area (Å²) in [6.07, 6.45) is 12.4. The van der Waals surface area contributed by atoms with E-state index < -0.39 is 0 Å². The van der Waals surface area contributed by atoms with Crippen LogP contribution in [-0.4, -0.2) is 0 Å². The second kappa shape index (κ2) is 7.30. The molecule has 0 N–H and O–H groups in total. The van der Waals surface area contributed by atoms with E-state index in [1.54, 1.807) is 0 Å². The van der Waals surface area contributed by atoms with Gasteiger partial charge in [-0.15, -0.1) is 0 Å². The maximum Gasteiger partial charge on any atom is -0.0256 e. The van der Waals surface area contributed by atoms with Gasteiger partial charge in [0.25, 0.3) is 0 Å². The highest BCUT2D eigenvalue weighted by Crippen LogP contribution is 2.06. The molecule has 0 nitrogen and oxygen atoms in total. The Kier molecular flexibility index (Phi) is 5.14. The molecule has 0 aliphatic carbocycles. The van der Waals surface area contributed by atoms with Crippen LogP contribution in [-0.2, 0) is 0 Å². The number of hydrogen-bond acceptors (Lipinski definition) is 0. The minimum Gasteiger partial charge on any atom is -0.0622 e. The molecule has 2 aromatic carbocycles. The minimum atomic E-state index is 1.22. The highest BCUT2D eigenvalue weighted by molar-refractivity contribution is 5.53. The van der Waals surface area contributed by atoms with Crippen LogP contribution in [0.2, 0.25) is 0 Å². The van der Waals surface area contributed by atoms with Gasteiger partial charge < -0.3 is 0 Å². The molecule has 0 atom stereocenters. The van der Waals surface area contributed by atoms with Gasteiger partial charge in [0, 0.05) is 0 Å². The third-order valence-electron chi connectivity index (χ3n) is 3.07. The van der Waals surface area contributed by atoms with Gasteiger partial charge in [-0.3, -0.25) is 0 Å². The van der Waals surface area contributed by atoms with Gasteiger partial charge in [0.15, 0.2) is 0 Å². The predicted octanol–water partition coefficient (Wildman–Crippen LogP) is 5.59. The van der Waals surface area contributed by atoms with Crippen molar-refractivity contribution in [2.45, 2.75) is 13.8 Å². The minimum absolute atomic E-state index is 1.22. The normalized spacial score (nSPS) is 11.9. The Morgan fingerprint density at radius 1 is 0.500 bits per heavy atom. The van der Waals surface area contributed by atoms with Gasteiger partial charge in [0.2, 0.25) is 0 Å². The van der Waals surface area contributed by atoms with E-state index in [1.165, 1.54) is 22.3 Å². The van der Waals surface area contributed by atoms with Gasteiger partial charge in [0.1, 0.15) is 0 Å². The smallest absolute Gasteiger partial charge is 0.0256 e. The summed E-state index contributed by atoms with van der Waals surface area (Å²) in [4.78, 5) is 0. The van der Waals surface area contributed by atoms with E-state index in [0.29, 0.717) is 0 Å². The fourth-order valence-corrected chi connectivity index (χ4v) is 1.82. The summed E-state index contributed by atoms with van der Waals surface area (Å²) >= 11 is 0.